The fraction of sp³-hybridized carbons (Fsp3) is 0.381. The Hall–Kier alpha value is -4.80. The Balaban J connectivity index is 0.000000162. The summed E-state index contributed by atoms with van der Waals surface area (Å²) in [5.41, 5.74) is 2.59. The topological polar surface area (TPSA) is 101 Å². The zero-order valence-electron chi connectivity index (χ0n) is 29.3. The first kappa shape index (κ1) is 35.6. The van der Waals surface area contributed by atoms with E-state index in [1.54, 1.807) is 36.4 Å². The van der Waals surface area contributed by atoms with Gasteiger partial charge in [-0.2, -0.15) is 0 Å². The molecule has 0 unspecified atom stereocenters. The minimum atomic E-state index is -0.400. The molecule has 4 aliphatic heterocycles. The molecule has 4 fully saturated rings. The number of carbonyl (C=O) groups is 2. The van der Waals surface area contributed by atoms with Crippen LogP contribution in [0.4, 0.5) is 8.78 Å². The summed E-state index contributed by atoms with van der Waals surface area (Å²) >= 11 is 0. The molecule has 0 aliphatic carbocycles. The van der Waals surface area contributed by atoms with Crippen LogP contribution in [0.1, 0.15) is 85.7 Å². The summed E-state index contributed by atoms with van der Waals surface area (Å²) in [7, 11) is 0. The van der Waals surface area contributed by atoms with Crippen molar-refractivity contribution < 1.29 is 27.8 Å². The van der Waals surface area contributed by atoms with E-state index in [0.717, 1.165) is 75.6 Å². The maximum absolute atomic E-state index is 13.7. The highest BCUT2D eigenvalue weighted by molar-refractivity contribution is 5.89. The first-order valence-corrected chi connectivity index (χ1v) is 18.4. The molecule has 4 saturated heterocycles. The van der Waals surface area contributed by atoms with Crippen molar-refractivity contribution in [2.75, 3.05) is 13.1 Å². The van der Waals surface area contributed by atoms with E-state index in [1.807, 2.05) is 48.5 Å². The summed E-state index contributed by atoms with van der Waals surface area (Å²) in [4.78, 5) is 24.4. The van der Waals surface area contributed by atoms with Crippen LogP contribution in [0.15, 0.2) is 97.1 Å². The number of hydrogen-bond donors (Lipinski definition) is 4. The average molecular weight is 709 g/mol. The monoisotopic (exact) mass is 708 g/mol. The highest BCUT2D eigenvalue weighted by Crippen LogP contribution is 2.37. The number of carbonyl (C=O) groups excluding carboxylic acids is 2. The molecule has 4 aromatic rings. The molecule has 0 saturated carbocycles. The van der Waals surface area contributed by atoms with E-state index < -0.39 is 11.1 Å². The number of benzene rings is 4. The second kappa shape index (κ2) is 15.8. The van der Waals surface area contributed by atoms with E-state index in [-0.39, 0.29) is 48.7 Å². The molecule has 2 amide bonds. The number of rotatable bonds is 8. The van der Waals surface area contributed by atoms with Crippen LogP contribution >= 0.6 is 0 Å². The molecular weight excluding hydrogens is 662 g/mol. The SMILES string of the molecule is O=C1NCC[C@@]12CCC[C@@H](c1ccc(OCc3ccccc3F)cc1)N2.O=C1NCC[C@]12CCC[C@H](c1ccc(OCc3ccccc3F)cc1)N2. The Bertz CT molecular complexity index is 1720. The van der Waals surface area contributed by atoms with Crippen LogP contribution in [0, 0.1) is 11.6 Å². The fourth-order valence-corrected chi connectivity index (χ4v) is 7.91. The van der Waals surface area contributed by atoms with Gasteiger partial charge in [-0.1, -0.05) is 60.7 Å². The van der Waals surface area contributed by atoms with E-state index in [2.05, 4.69) is 21.3 Å². The zero-order chi connectivity index (χ0) is 36.0. The number of nitrogens with one attached hydrogen (secondary N) is 4. The summed E-state index contributed by atoms with van der Waals surface area (Å²) in [6, 6.07) is 29.4. The summed E-state index contributed by atoms with van der Waals surface area (Å²) in [5, 5.41) is 13.0. The molecule has 272 valence electrons. The van der Waals surface area contributed by atoms with Gasteiger partial charge >= 0.3 is 0 Å². The number of piperidine rings is 2. The lowest BCUT2D eigenvalue weighted by molar-refractivity contribution is -0.126. The van der Waals surface area contributed by atoms with Crippen molar-refractivity contribution in [3.63, 3.8) is 0 Å². The minimum absolute atomic E-state index is 0.132. The van der Waals surface area contributed by atoms with E-state index >= 15 is 0 Å². The third kappa shape index (κ3) is 7.98. The predicted octanol–water partition coefficient (Wildman–Crippen LogP) is 6.96. The molecule has 10 heteroatoms. The summed E-state index contributed by atoms with van der Waals surface area (Å²) in [5.74, 6) is 1.17. The van der Waals surface area contributed by atoms with Crippen LogP contribution in [0.5, 0.6) is 11.5 Å². The van der Waals surface area contributed by atoms with Crippen molar-refractivity contribution in [1.82, 2.24) is 21.3 Å². The maximum Gasteiger partial charge on any atom is 0.240 e. The molecule has 4 atom stereocenters. The van der Waals surface area contributed by atoms with Crippen molar-refractivity contribution in [2.24, 2.45) is 0 Å². The predicted molar refractivity (Wildman–Crippen MR) is 195 cm³/mol. The van der Waals surface area contributed by atoms with Gasteiger partial charge in [-0.15, -0.1) is 0 Å². The van der Waals surface area contributed by atoms with Crippen LogP contribution in [0.25, 0.3) is 0 Å². The highest BCUT2D eigenvalue weighted by atomic mass is 19.1. The van der Waals surface area contributed by atoms with E-state index in [9.17, 15) is 18.4 Å². The second-order valence-corrected chi connectivity index (χ2v) is 14.3. The first-order valence-electron chi connectivity index (χ1n) is 18.4. The van der Waals surface area contributed by atoms with Gasteiger partial charge in [-0.05, 0) is 98.9 Å². The lowest BCUT2D eigenvalue weighted by Crippen LogP contribution is -2.54. The maximum atomic E-state index is 13.7. The van der Waals surface area contributed by atoms with Gasteiger partial charge in [0.15, 0.2) is 0 Å². The second-order valence-electron chi connectivity index (χ2n) is 14.3. The lowest BCUT2D eigenvalue weighted by Gasteiger charge is -2.37. The number of halogens is 2. The van der Waals surface area contributed by atoms with Crippen LogP contribution in [0.3, 0.4) is 0 Å². The molecule has 0 aromatic heterocycles. The summed E-state index contributed by atoms with van der Waals surface area (Å²) < 4.78 is 38.7. The fourth-order valence-electron chi connectivity index (χ4n) is 7.91. The molecule has 4 aromatic carbocycles. The lowest BCUT2D eigenvalue weighted by atomic mass is 9.82. The molecule has 4 heterocycles. The van der Waals surface area contributed by atoms with Gasteiger partial charge in [0, 0.05) is 36.3 Å². The van der Waals surface area contributed by atoms with Gasteiger partial charge in [-0.3, -0.25) is 20.2 Å². The Labute approximate surface area is 303 Å². The Morgan fingerprint density at radius 2 is 0.962 bits per heavy atom. The molecule has 4 aliphatic rings. The Kier molecular flexibility index (Phi) is 10.8. The standard InChI is InChI=1S/2C21H23FN2O2/c2*22-18-5-2-1-4-16(18)14-26-17-9-7-15(8-10-17)19-6-3-11-21(24-19)12-13-23-20(21)25/h2*1-2,4-5,7-10,19,24H,3,6,11-14H2,(H,23,25)/t2*19-,21-/m10/s1. The molecule has 52 heavy (non-hydrogen) atoms. The van der Waals surface area contributed by atoms with Crippen molar-refractivity contribution in [3.8, 4) is 11.5 Å². The number of amides is 2. The van der Waals surface area contributed by atoms with Crippen LogP contribution in [-0.2, 0) is 22.8 Å². The van der Waals surface area contributed by atoms with Gasteiger partial charge in [0.05, 0.1) is 11.1 Å². The van der Waals surface area contributed by atoms with Crippen LogP contribution in [-0.4, -0.2) is 36.0 Å². The van der Waals surface area contributed by atoms with E-state index in [4.69, 9.17) is 9.47 Å². The van der Waals surface area contributed by atoms with Gasteiger partial charge in [-0.25, -0.2) is 8.78 Å². The smallest absolute Gasteiger partial charge is 0.240 e. The number of ether oxygens (including phenoxy) is 2. The Morgan fingerprint density at radius 3 is 1.33 bits per heavy atom. The molecular formula is C42H46F2N4O4. The van der Waals surface area contributed by atoms with Crippen molar-refractivity contribution in [2.45, 2.75) is 87.7 Å². The Morgan fingerprint density at radius 1 is 0.558 bits per heavy atom. The molecule has 4 N–H and O–H groups in total. The van der Waals surface area contributed by atoms with Crippen molar-refractivity contribution >= 4 is 11.8 Å². The third-order valence-electron chi connectivity index (χ3n) is 10.9. The normalized spacial score (nSPS) is 25.3. The van der Waals surface area contributed by atoms with E-state index in [1.165, 1.54) is 12.1 Å². The van der Waals surface area contributed by atoms with Gasteiger partial charge < -0.3 is 20.1 Å². The van der Waals surface area contributed by atoms with E-state index in [0.29, 0.717) is 22.6 Å². The highest BCUT2D eigenvalue weighted by Gasteiger charge is 2.46. The van der Waals surface area contributed by atoms with Gasteiger partial charge in [0.25, 0.3) is 0 Å². The molecule has 8 rings (SSSR count). The number of hydrogen-bond acceptors (Lipinski definition) is 6. The van der Waals surface area contributed by atoms with Gasteiger partial charge in [0.2, 0.25) is 11.8 Å². The quantitative estimate of drug-likeness (QED) is 0.158. The molecule has 0 bridgehead atoms. The molecule has 8 nitrogen and oxygen atoms in total. The average Bonchev–Trinajstić information content (AvgIpc) is 3.70. The van der Waals surface area contributed by atoms with Crippen LogP contribution in [0.2, 0.25) is 0 Å². The molecule has 2 spiro atoms. The largest absolute Gasteiger partial charge is 0.489 e. The zero-order valence-corrected chi connectivity index (χ0v) is 29.3. The van der Waals surface area contributed by atoms with Crippen molar-refractivity contribution in [3.05, 3.63) is 131 Å². The van der Waals surface area contributed by atoms with Gasteiger partial charge in [0.1, 0.15) is 36.3 Å². The summed E-state index contributed by atoms with van der Waals surface area (Å²) in [6.07, 6.45) is 7.62. The summed E-state index contributed by atoms with van der Waals surface area (Å²) in [6.45, 7) is 1.91. The molecule has 0 radical (unpaired) electrons. The van der Waals surface area contributed by atoms with Crippen LogP contribution < -0.4 is 30.7 Å². The van der Waals surface area contributed by atoms with Crippen molar-refractivity contribution in [1.29, 1.82) is 0 Å². The third-order valence-corrected chi connectivity index (χ3v) is 10.9. The first-order chi connectivity index (χ1) is 25.3. The minimum Gasteiger partial charge on any atom is -0.489 e.